The molecule has 0 aromatic heterocycles. The fourth-order valence-electron chi connectivity index (χ4n) is 3.35. The van der Waals surface area contributed by atoms with Gasteiger partial charge in [-0.05, 0) is 50.2 Å². The van der Waals surface area contributed by atoms with E-state index in [0.717, 1.165) is 5.56 Å². The van der Waals surface area contributed by atoms with Crippen LogP contribution in [-0.4, -0.2) is 17.9 Å². The molecule has 1 unspecified atom stereocenters. The van der Waals surface area contributed by atoms with Gasteiger partial charge in [0.2, 0.25) is 0 Å². The molecule has 0 saturated heterocycles. The van der Waals surface area contributed by atoms with E-state index in [9.17, 15) is 14.0 Å². The zero-order valence-corrected chi connectivity index (χ0v) is 16.7. The van der Waals surface area contributed by atoms with Gasteiger partial charge in [-0.2, -0.15) is 0 Å². The van der Waals surface area contributed by atoms with E-state index < -0.39 is 6.10 Å². The quantitative estimate of drug-likeness (QED) is 0.686. The maximum atomic E-state index is 14.2. The van der Waals surface area contributed by atoms with Crippen LogP contribution >= 0.6 is 0 Å². The molecule has 152 valence electrons. The molecule has 1 aliphatic rings. The normalized spacial score (nSPS) is 15.4. The highest BCUT2D eigenvalue weighted by atomic mass is 19.1. The number of hydrogen-bond donors (Lipinski definition) is 1. The Balaban J connectivity index is 1.64. The summed E-state index contributed by atoms with van der Waals surface area (Å²) in [5.74, 6) is -0.401. The number of nitrogens with one attached hydrogen (secondary N) is 1. The molecule has 3 aromatic carbocycles. The zero-order valence-electron chi connectivity index (χ0n) is 16.7. The van der Waals surface area contributed by atoms with Crippen LogP contribution in [0.25, 0.3) is 0 Å². The highest BCUT2D eigenvalue weighted by molar-refractivity contribution is 6.05. The molecule has 1 atom stereocenters. The first-order valence-corrected chi connectivity index (χ1v) is 9.66. The number of rotatable bonds is 4. The third kappa shape index (κ3) is 3.89. The molecule has 6 heteroatoms. The van der Waals surface area contributed by atoms with Gasteiger partial charge in [-0.1, -0.05) is 35.9 Å². The lowest BCUT2D eigenvalue weighted by Gasteiger charge is -2.33. The molecule has 5 nitrogen and oxygen atoms in total. The Morgan fingerprint density at radius 3 is 2.57 bits per heavy atom. The molecule has 1 heterocycles. The number of amides is 2. The van der Waals surface area contributed by atoms with Crippen molar-refractivity contribution in [3.63, 3.8) is 0 Å². The highest BCUT2D eigenvalue weighted by Gasteiger charge is 2.32. The van der Waals surface area contributed by atoms with Crippen molar-refractivity contribution in [2.45, 2.75) is 26.5 Å². The topological polar surface area (TPSA) is 58.6 Å². The monoisotopic (exact) mass is 404 g/mol. The number of anilines is 2. The summed E-state index contributed by atoms with van der Waals surface area (Å²) in [4.78, 5) is 26.8. The van der Waals surface area contributed by atoms with E-state index >= 15 is 0 Å². The van der Waals surface area contributed by atoms with Crippen LogP contribution in [-0.2, 0) is 11.3 Å². The first-order valence-electron chi connectivity index (χ1n) is 9.66. The van der Waals surface area contributed by atoms with Gasteiger partial charge in [0.05, 0.1) is 12.2 Å². The van der Waals surface area contributed by atoms with E-state index in [1.807, 2.05) is 19.1 Å². The van der Waals surface area contributed by atoms with E-state index in [4.69, 9.17) is 4.74 Å². The third-order valence-electron chi connectivity index (χ3n) is 5.03. The predicted molar refractivity (Wildman–Crippen MR) is 113 cm³/mol. The summed E-state index contributed by atoms with van der Waals surface area (Å²) >= 11 is 0. The summed E-state index contributed by atoms with van der Waals surface area (Å²) in [5.41, 5.74) is 3.00. The second kappa shape index (κ2) is 7.99. The van der Waals surface area contributed by atoms with Crippen LogP contribution in [0.15, 0.2) is 66.7 Å². The molecule has 0 aliphatic carbocycles. The number of hydrogen-bond acceptors (Lipinski definition) is 3. The number of ether oxygens (including phenoxy) is 1. The predicted octanol–water partition coefficient (Wildman–Crippen LogP) is 4.70. The number of halogens is 1. The fraction of sp³-hybridized carbons (Fsp3) is 0.167. The van der Waals surface area contributed by atoms with E-state index in [2.05, 4.69) is 5.32 Å². The second-order valence-electron chi connectivity index (χ2n) is 7.28. The molecule has 0 spiro atoms. The average molecular weight is 404 g/mol. The number of nitrogens with zero attached hydrogens (tertiary/aromatic N) is 1. The molecule has 4 rings (SSSR count). The van der Waals surface area contributed by atoms with Crippen molar-refractivity contribution < 1.29 is 18.7 Å². The SMILES string of the molecule is Cc1ccc(C(=O)Nc2ccc3c(c2)N(Cc2ccccc2F)C(=O)C(C)O3)cc1. The standard InChI is InChI=1S/C24H21FN2O3/c1-15-7-9-17(10-8-15)23(28)26-19-11-12-22-21(13-19)27(24(29)16(2)30-22)14-18-5-3-4-6-20(18)25/h3-13,16H,14H2,1-2H3,(H,26,28). The Bertz CT molecular complexity index is 1110. The maximum Gasteiger partial charge on any atom is 0.268 e. The first kappa shape index (κ1) is 19.6. The summed E-state index contributed by atoms with van der Waals surface area (Å²) in [6.07, 6.45) is -0.683. The van der Waals surface area contributed by atoms with Crippen molar-refractivity contribution in [1.29, 1.82) is 0 Å². The molecule has 2 amide bonds. The molecule has 0 bridgehead atoms. The highest BCUT2D eigenvalue weighted by Crippen LogP contribution is 2.37. The molecule has 1 aliphatic heterocycles. The van der Waals surface area contributed by atoms with Crippen LogP contribution < -0.4 is 15.0 Å². The Labute approximate surface area is 174 Å². The van der Waals surface area contributed by atoms with E-state index in [1.54, 1.807) is 55.5 Å². The van der Waals surface area contributed by atoms with Gasteiger partial charge in [0.25, 0.3) is 11.8 Å². The Morgan fingerprint density at radius 2 is 1.83 bits per heavy atom. The Morgan fingerprint density at radius 1 is 1.10 bits per heavy atom. The van der Waals surface area contributed by atoms with Gasteiger partial charge in [-0.25, -0.2) is 4.39 Å². The fourth-order valence-corrected chi connectivity index (χ4v) is 3.35. The third-order valence-corrected chi connectivity index (χ3v) is 5.03. The zero-order chi connectivity index (χ0) is 21.3. The smallest absolute Gasteiger partial charge is 0.268 e. The summed E-state index contributed by atoms with van der Waals surface area (Å²) in [6, 6.07) is 18.7. The van der Waals surface area contributed by atoms with Gasteiger partial charge >= 0.3 is 0 Å². The Kier molecular flexibility index (Phi) is 5.23. The molecule has 1 N–H and O–H groups in total. The van der Waals surface area contributed by atoms with Gasteiger partial charge in [0.1, 0.15) is 11.6 Å². The summed E-state index contributed by atoms with van der Waals surface area (Å²) in [7, 11) is 0. The van der Waals surface area contributed by atoms with Gasteiger partial charge in [0.15, 0.2) is 6.10 Å². The molecular weight excluding hydrogens is 383 g/mol. The molecule has 0 saturated carbocycles. The molecule has 0 fully saturated rings. The minimum atomic E-state index is -0.683. The van der Waals surface area contributed by atoms with Gasteiger partial charge < -0.3 is 15.0 Å². The Hall–Kier alpha value is -3.67. The first-order chi connectivity index (χ1) is 14.4. The minimum Gasteiger partial charge on any atom is -0.479 e. The summed E-state index contributed by atoms with van der Waals surface area (Å²) in [5, 5.41) is 2.84. The van der Waals surface area contributed by atoms with E-state index in [0.29, 0.717) is 28.3 Å². The van der Waals surface area contributed by atoms with E-state index in [-0.39, 0.29) is 24.2 Å². The summed E-state index contributed by atoms with van der Waals surface area (Å²) < 4.78 is 19.9. The van der Waals surface area contributed by atoms with E-state index in [1.165, 1.54) is 11.0 Å². The van der Waals surface area contributed by atoms with Crippen LogP contribution in [0, 0.1) is 12.7 Å². The molecule has 30 heavy (non-hydrogen) atoms. The van der Waals surface area contributed by atoms with Gasteiger partial charge in [0, 0.05) is 16.8 Å². The molecular formula is C24H21FN2O3. The van der Waals surface area contributed by atoms with Gasteiger partial charge in [-0.3, -0.25) is 9.59 Å². The lowest BCUT2D eigenvalue weighted by Crippen LogP contribution is -2.44. The summed E-state index contributed by atoms with van der Waals surface area (Å²) in [6.45, 7) is 3.68. The number of benzene rings is 3. The number of carbonyl (C=O) groups excluding carboxylic acids is 2. The van der Waals surface area contributed by atoms with Crippen LogP contribution in [0.5, 0.6) is 5.75 Å². The van der Waals surface area contributed by atoms with Crippen LogP contribution in [0.3, 0.4) is 0 Å². The van der Waals surface area contributed by atoms with Crippen LogP contribution in [0.4, 0.5) is 15.8 Å². The van der Waals surface area contributed by atoms with Crippen molar-refractivity contribution >= 4 is 23.2 Å². The van der Waals surface area contributed by atoms with Crippen molar-refractivity contribution in [1.82, 2.24) is 0 Å². The number of carbonyl (C=O) groups is 2. The number of aryl methyl sites for hydroxylation is 1. The van der Waals surface area contributed by atoms with Crippen molar-refractivity contribution in [3.05, 3.63) is 89.2 Å². The lowest BCUT2D eigenvalue weighted by molar-refractivity contribution is -0.125. The maximum absolute atomic E-state index is 14.2. The largest absolute Gasteiger partial charge is 0.479 e. The van der Waals surface area contributed by atoms with Gasteiger partial charge in [-0.15, -0.1) is 0 Å². The van der Waals surface area contributed by atoms with Crippen molar-refractivity contribution in [2.75, 3.05) is 10.2 Å². The second-order valence-corrected chi connectivity index (χ2v) is 7.28. The van der Waals surface area contributed by atoms with Crippen LogP contribution in [0.2, 0.25) is 0 Å². The number of fused-ring (bicyclic) bond motifs is 1. The van der Waals surface area contributed by atoms with Crippen LogP contribution in [0.1, 0.15) is 28.4 Å². The molecule has 3 aromatic rings. The molecule has 0 radical (unpaired) electrons. The van der Waals surface area contributed by atoms with Crippen molar-refractivity contribution in [3.8, 4) is 5.75 Å². The minimum absolute atomic E-state index is 0.0710. The lowest BCUT2D eigenvalue weighted by atomic mass is 10.1. The average Bonchev–Trinajstić information content (AvgIpc) is 2.73. The van der Waals surface area contributed by atoms with Crippen molar-refractivity contribution in [2.24, 2.45) is 0 Å².